The molecule has 0 atom stereocenters. The number of carboxylic acids is 1. The van der Waals surface area contributed by atoms with Gasteiger partial charge in [0.05, 0.1) is 17.1 Å². The van der Waals surface area contributed by atoms with Crippen LogP contribution in [0.3, 0.4) is 0 Å². The van der Waals surface area contributed by atoms with Crippen molar-refractivity contribution < 1.29 is 19.1 Å². The van der Waals surface area contributed by atoms with Crippen LogP contribution in [0.15, 0.2) is 18.2 Å². The van der Waals surface area contributed by atoms with Crippen LogP contribution < -0.4 is 5.32 Å². The van der Waals surface area contributed by atoms with Gasteiger partial charge in [0.25, 0.3) is 5.91 Å². The first-order chi connectivity index (χ1) is 10.4. The third-order valence-corrected chi connectivity index (χ3v) is 4.29. The molecule has 120 valence electrons. The molecule has 1 fully saturated rings. The second kappa shape index (κ2) is 7.07. The number of carboxylic acid groups (broad SMARTS) is 1. The van der Waals surface area contributed by atoms with Crippen LogP contribution in [0.2, 0.25) is 5.02 Å². The maximum atomic E-state index is 13.3. The summed E-state index contributed by atoms with van der Waals surface area (Å²) >= 11 is 5.78. The Bertz CT molecular complexity index is 576. The van der Waals surface area contributed by atoms with E-state index in [4.69, 9.17) is 16.7 Å². The standard InChI is InChI=1S/C15H18ClFN2O3/c1-2-19(8-13(20)21)10-6-9(7-10)18-15(22)11-4-3-5-12(17)14(11)16/h3-5,9-10H,2,6-8H2,1H3,(H,18,22)(H,20,21). The summed E-state index contributed by atoms with van der Waals surface area (Å²) < 4.78 is 13.3. The minimum atomic E-state index is -0.860. The first kappa shape index (κ1) is 16.7. The zero-order valence-electron chi connectivity index (χ0n) is 12.2. The zero-order chi connectivity index (χ0) is 16.3. The number of likely N-dealkylation sites (N-methyl/N-ethyl adjacent to an activating group) is 1. The van der Waals surface area contributed by atoms with E-state index < -0.39 is 17.7 Å². The van der Waals surface area contributed by atoms with Crippen LogP contribution in [0, 0.1) is 5.82 Å². The molecule has 1 aliphatic rings. The summed E-state index contributed by atoms with van der Waals surface area (Å²) in [6, 6.07) is 4.21. The molecule has 1 aliphatic carbocycles. The Balaban J connectivity index is 1.88. The summed E-state index contributed by atoms with van der Waals surface area (Å²) in [5.74, 6) is -1.89. The molecule has 0 bridgehead atoms. The predicted molar refractivity (Wildman–Crippen MR) is 80.6 cm³/mol. The maximum absolute atomic E-state index is 13.3. The molecule has 1 amide bonds. The summed E-state index contributed by atoms with van der Waals surface area (Å²) in [5, 5.41) is 11.5. The minimum absolute atomic E-state index is 0.00242. The Labute approximate surface area is 133 Å². The number of hydrogen-bond acceptors (Lipinski definition) is 3. The Morgan fingerprint density at radius 2 is 2.14 bits per heavy atom. The van der Waals surface area contributed by atoms with Crippen molar-refractivity contribution in [3.8, 4) is 0 Å². The van der Waals surface area contributed by atoms with E-state index in [1.54, 1.807) is 0 Å². The van der Waals surface area contributed by atoms with E-state index >= 15 is 0 Å². The molecular formula is C15H18ClFN2O3. The smallest absolute Gasteiger partial charge is 0.317 e. The molecule has 0 unspecified atom stereocenters. The lowest BCUT2D eigenvalue weighted by molar-refractivity contribution is -0.139. The summed E-state index contributed by atoms with van der Waals surface area (Å²) in [5.41, 5.74) is 0.114. The van der Waals surface area contributed by atoms with Gasteiger partial charge in [-0.25, -0.2) is 4.39 Å². The Morgan fingerprint density at radius 3 is 2.73 bits per heavy atom. The van der Waals surface area contributed by atoms with E-state index in [0.29, 0.717) is 19.4 Å². The van der Waals surface area contributed by atoms with Crippen molar-refractivity contribution >= 4 is 23.5 Å². The van der Waals surface area contributed by atoms with Gasteiger partial charge in [0.2, 0.25) is 0 Å². The van der Waals surface area contributed by atoms with Crippen LogP contribution in [-0.4, -0.2) is 47.1 Å². The van der Waals surface area contributed by atoms with Crippen LogP contribution in [0.25, 0.3) is 0 Å². The molecule has 5 nitrogen and oxygen atoms in total. The maximum Gasteiger partial charge on any atom is 0.317 e. The second-order valence-electron chi connectivity index (χ2n) is 5.35. The van der Waals surface area contributed by atoms with Gasteiger partial charge in [-0.3, -0.25) is 14.5 Å². The second-order valence-corrected chi connectivity index (χ2v) is 5.73. The van der Waals surface area contributed by atoms with Crippen LogP contribution in [0.5, 0.6) is 0 Å². The third kappa shape index (κ3) is 3.75. The monoisotopic (exact) mass is 328 g/mol. The molecule has 0 saturated heterocycles. The average molecular weight is 329 g/mol. The lowest BCUT2D eigenvalue weighted by Gasteiger charge is -2.42. The molecule has 1 aromatic carbocycles. The van der Waals surface area contributed by atoms with E-state index in [0.717, 1.165) is 0 Å². The van der Waals surface area contributed by atoms with Crippen molar-refractivity contribution in [1.82, 2.24) is 10.2 Å². The summed E-state index contributed by atoms with van der Waals surface area (Å²) in [6.07, 6.45) is 1.36. The number of rotatable bonds is 6. The van der Waals surface area contributed by atoms with Crippen molar-refractivity contribution in [2.45, 2.75) is 31.8 Å². The molecule has 2 rings (SSSR count). The molecule has 0 radical (unpaired) electrons. The van der Waals surface area contributed by atoms with E-state index in [1.165, 1.54) is 18.2 Å². The molecule has 1 aromatic rings. The number of hydrogen-bond donors (Lipinski definition) is 2. The number of benzene rings is 1. The fourth-order valence-electron chi connectivity index (χ4n) is 2.62. The van der Waals surface area contributed by atoms with E-state index in [-0.39, 0.29) is 29.2 Å². The lowest BCUT2D eigenvalue weighted by atomic mass is 9.85. The van der Waals surface area contributed by atoms with Crippen LogP contribution in [-0.2, 0) is 4.79 Å². The summed E-state index contributed by atoms with van der Waals surface area (Å²) in [7, 11) is 0. The Hall–Kier alpha value is -1.66. The van der Waals surface area contributed by atoms with Crippen molar-refractivity contribution in [2.75, 3.05) is 13.1 Å². The largest absolute Gasteiger partial charge is 0.480 e. The van der Waals surface area contributed by atoms with Gasteiger partial charge in [-0.1, -0.05) is 24.6 Å². The summed E-state index contributed by atoms with van der Waals surface area (Å²) in [6.45, 7) is 2.55. The number of amides is 1. The normalized spacial score (nSPS) is 20.5. The highest BCUT2D eigenvalue weighted by Crippen LogP contribution is 2.27. The highest BCUT2D eigenvalue weighted by molar-refractivity contribution is 6.34. The van der Waals surface area contributed by atoms with E-state index in [1.807, 2.05) is 11.8 Å². The quantitative estimate of drug-likeness (QED) is 0.839. The number of carbonyl (C=O) groups excluding carboxylic acids is 1. The lowest BCUT2D eigenvalue weighted by Crippen LogP contribution is -2.54. The SMILES string of the molecule is CCN(CC(=O)O)C1CC(NC(=O)c2cccc(F)c2Cl)C1. The first-order valence-corrected chi connectivity index (χ1v) is 7.50. The Morgan fingerprint density at radius 1 is 1.45 bits per heavy atom. The zero-order valence-corrected chi connectivity index (χ0v) is 12.9. The van der Waals surface area contributed by atoms with Gasteiger partial charge in [0, 0.05) is 12.1 Å². The van der Waals surface area contributed by atoms with Crippen molar-refractivity contribution in [2.24, 2.45) is 0 Å². The number of carbonyl (C=O) groups is 2. The van der Waals surface area contributed by atoms with Gasteiger partial charge < -0.3 is 10.4 Å². The molecule has 0 aromatic heterocycles. The number of aliphatic carboxylic acids is 1. The Kier molecular flexibility index (Phi) is 5.37. The fraction of sp³-hybridized carbons (Fsp3) is 0.467. The first-order valence-electron chi connectivity index (χ1n) is 7.13. The molecule has 0 spiro atoms. The van der Waals surface area contributed by atoms with Crippen LogP contribution in [0.4, 0.5) is 4.39 Å². The third-order valence-electron chi connectivity index (χ3n) is 3.91. The molecule has 7 heteroatoms. The topological polar surface area (TPSA) is 69.6 Å². The van der Waals surface area contributed by atoms with Gasteiger partial charge in [-0.05, 0) is 31.5 Å². The van der Waals surface area contributed by atoms with Crippen LogP contribution >= 0.6 is 11.6 Å². The van der Waals surface area contributed by atoms with Gasteiger partial charge in [-0.15, -0.1) is 0 Å². The highest BCUT2D eigenvalue weighted by Gasteiger charge is 2.35. The molecule has 2 N–H and O–H groups in total. The number of halogens is 2. The molecular weight excluding hydrogens is 311 g/mol. The number of nitrogens with one attached hydrogen (secondary N) is 1. The summed E-state index contributed by atoms with van der Waals surface area (Å²) in [4.78, 5) is 24.7. The average Bonchev–Trinajstić information content (AvgIpc) is 2.42. The van der Waals surface area contributed by atoms with Gasteiger partial charge >= 0.3 is 5.97 Å². The number of nitrogens with zero attached hydrogens (tertiary/aromatic N) is 1. The molecule has 1 saturated carbocycles. The molecule has 0 heterocycles. The van der Waals surface area contributed by atoms with Crippen molar-refractivity contribution in [3.05, 3.63) is 34.6 Å². The highest BCUT2D eigenvalue weighted by atomic mass is 35.5. The minimum Gasteiger partial charge on any atom is -0.480 e. The molecule has 22 heavy (non-hydrogen) atoms. The van der Waals surface area contributed by atoms with Crippen molar-refractivity contribution in [1.29, 1.82) is 0 Å². The van der Waals surface area contributed by atoms with Gasteiger partial charge in [0.1, 0.15) is 5.82 Å². The predicted octanol–water partition coefficient (Wildman–Crippen LogP) is 2.15. The van der Waals surface area contributed by atoms with E-state index in [2.05, 4.69) is 5.32 Å². The fourth-order valence-corrected chi connectivity index (χ4v) is 2.83. The van der Waals surface area contributed by atoms with Crippen LogP contribution in [0.1, 0.15) is 30.1 Å². The van der Waals surface area contributed by atoms with Crippen molar-refractivity contribution in [3.63, 3.8) is 0 Å². The van der Waals surface area contributed by atoms with E-state index in [9.17, 15) is 14.0 Å². The van der Waals surface area contributed by atoms with Gasteiger partial charge in [-0.2, -0.15) is 0 Å². The van der Waals surface area contributed by atoms with Gasteiger partial charge in [0.15, 0.2) is 0 Å². The molecule has 0 aliphatic heterocycles.